The van der Waals surface area contributed by atoms with Gasteiger partial charge in [0.15, 0.2) is 17.3 Å². The lowest BCUT2D eigenvalue weighted by molar-refractivity contribution is -0.112. The van der Waals surface area contributed by atoms with Crippen LogP contribution in [0.3, 0.4) is 0 Å². The number of nitrogens with zero attached hydrogens (tertiary/aromatic N) is 2. The number of thiophene rings is 1. The smallest absolute Gasteiger partial charge is 0.353 e. The van der Waals surface area contributed by atoms with Crippen LogP contribution in [0.25, 0.3) is 6.08 Å². The zero-order chi connectivity index (χ0) is 21.5. The second kappa shape index (κ2) is 9.54. The molecule has 8 nitrogen and oxygen atoms in total. The summed E-state index contributed by atoms with van der Waals surface area (Å²) in [4.78, 5) is 25.0. The van der Waals surface area contributed by atoms with E-state index >= 15 is 0 Å². The molecule has 2 aromatic heterocycles. The predicted octanol–water partition coefficient (Wildman–Crippen LogP) is 4.21. The zero-order valence-electron chi connectivity index (χ0n) is 16.2. The normalized spacial score (nSPS) is 10.9. The van der Waals surface area contributed by atoms with Crippen LogP contribution in [0.2, 0.25) is 0 Å². The summed E-state index contributed by atoms with van der Waals surface area (Å²) < 4.78 is 15.9. The number of aromatic nitrogens is 1. The molecule has 2 heterocycles. The molecular weight excluding hydrogens is 406 g/mol. The first-order chi connectivity index (χ1) is 14.5. The SMILES string of the molecule is CCOc1cc(/C=C(/C#N)C(=O)Nc2cc(C)on2)ccc1OC(=O)c1cccs1. The number of carbonyl (C=O) groups excluding carboxylic acids is 2. The Morgan fingerprint density at radius 1 is 1.30 bits per heavy atom. The first-order valence-electron chi connectivity index (χ1n) is 8.89. The van der Waals surface area contributed by atoms with Gasteiger partial charge < -0.3 is 19.3 Å². The molecule has 3 aromatic rings. The van der Waals surface area contributed by atoms with Crippen molar-refractivity contribution in [2.45, 2.75) is 13.8 Å². The molecule has 9 heteroatoms. The monoisotopic (exact) mass is 423 g/mol. The summed E-state index contributed by atoms with van der Waals surface area (Å²) in [6.07, 6.45) is 1.40. The van der Waals surface area contributed by atoms with Crippen LogP contribution >= 0.6 is 11.3 Å². The zero-order valence-corrected chi connectivity index (χ0v) is 17.0. The summed E-state index contributed by atoms with van der Waals surface area (Å²) in [5.41, 5.74) is 0.388. The van der Waals surface area contributed by atoms with Gasteiger partial charge in [-0.2, -0.15) is 5.26 Å². The van der Waals surface area contributed by atoms with E-state index in [4.69, 9.17) is 14.0 Å². The molecule has 3 rings (SSSR count). The maximum absolute atomic E-state index is 12.3. The minimum Gasteiger partial charge on any atom is -0.490 e. The van der Waals surface area contributed by atoms with Crippen LogP contribution in [0.15, 0.2) is 51.9 Å². The van der Waals surface area contributed by atoms with E-state index in [9.17, 15) is 14.9 Å². The van der Waals surface area contributed by atoms with E-state index in [1.807, 2.05) is 6.07 Å². The van der Waals surface area contributed by atoms with Gasteiger partial charge in [-0.3, -0.25) is 4.79 Å². The fraction of sp³-hybridized carbons (Fsp3) is 0.143. The highest BCUT2D eigenvalue weighted by molar-refractivity contribution is 7.12. The topological polar surface area (TPSA) is 114 Å². The van der Waals surface area contributed by atoms with Gasteiger partial charge in [0.2, 0.25) is 0 Å². The van der Waals surface area contributed by atoms with Crippen LogP contribution in [-0.2, 0) is 4.79 Å². The molecule has 0 bridgehead atoms. The third-order valence-corrected chi connectivity index (χ3v) is 4.59. The summed E-state index contributed by atoms with van der Waals surface area (Å²) in [7, 11) is 0. The van der Waals surface area contributed by atoms with Crippen LogP contribution in [0.4, 0.5) is 5.82 Å². The molecule has 152 valence electrons. The molecule has 0 saturated carbocycles. The van der Waals surface area contributed by atoms with Crippen molar-refractivity contribution in [2.24, 2.45) is 0 Å². The minimum atomic E-state index is -0.628. The lowest BCUT2D eigenvalue weighted by Gasteiger charge is -2.11. The number of rotatable bonds is 7. The van der Waals surface area contributed by atoms with E-state index in [2.05, 4.69) is 10.5 Å². The van der Waals surface area contributed by atoms with E-state index in [1.165, 1.54) is 23.5 Å². The number of amides is 1. The number of hydrogen-bond donors (Lipinski definition) is 1. The van der Waals surface area contributed by atoms with Crippen molar-refractivity contribution in [3.05, 3.63) is 63.6 Å². The standard InChI is InChI=1S/C21H17N3O5S/c1-3-27-17-11-14(6-7-16(17)28-21(26)18-5-4-8-30-18)10-15(12-22)20(25)23-19-9-13(2)29-24-19/h4-11H,3H2,1-2H3,(H,23,24,25)/b15-10-. The number of hydrogen-bond acceptors (Lipinski definition) is 8. The highest BCUT2D eigenvalue weighted by Crippen LogP contribution is 2.30. The molecule has 0 radical (unpaired) electrons. The Bertz CT molecular complexity index is 1130. The molecule has 0 aliphatic heterocycles. The average Bonchev–Trinajstić information content (AvgIpc) is 3.40. The summed E-state index contributed by atoms with van der Waals surface area (Å²) >= 11 is 1.27. The largest absolute Gasteiger partial charge is 0.490 e. The molecule has 0 aliphatic carbocycles. The van der Waals surface area contributed by atoms with E-state index in [-0.39, 0.29) is 17.1 Å². The van der Waals surface area contributed by atoms with Gasteiger partial charge in [-0.1, -0.05) is 17.3 Å². The molecule has 1 amide bonds. The summed E-state index contributed by atoms with van der Waals surface area (Å²) in [6.45, 7) is 3.82. The van der Waals surface area contributed by atoms with Crippen LogP contribution < -0.4 is 14.8 Å². The second-order valence-electron chi connectivity index (χ2n) is 5.95. The van der Waals surface area contributed by atoms with Crippen LogP contribution in [-0.4, -0.2) is 23.6 Å². The van der Waals surface area contributed by atoms with E-state index in [1.54, 1.807) is 49.6 Å². The maximum Gasteiger partial charge on any atom is 0.353 e. The van der Waals surface area contributed by atoms with Crippen molar-refractivity contribution in [3.63, 3.8) is 0 Å². The van der Waals surface area contributed by atoms with Gasteiger partial charge in [-0.15, -0.1) is 11.3 Å². The van der Waals surface area contributed by atoms with Crippen molar-refractivity contribution in [3.8, 4) is 17.6 Å². The molecule has 1 aromatic carbocycles. The van der Waals surface area contributed by atoms with E-state index < -0.39 is 11.9 Å². The number of carbonyl (C=O) groups is 2. The average molecular weight is 423 g/mol. The third-order valence-electron chi connectivity index (χ3n) is 3.74. The van der Waals surface area contributed by atoms with Gasteiger partial charge >= 0.3 is 5.97 Å². The summed E-state index contributed by atoms with van der Waals surface area (Å²) in [5.74, 6) is 0.187. The van der Waals surface area contributed by atoms with Gasteiger partial charge in [0, 0.05) is 6.07 Å². The quantitative estimate of drug-likeness (QED) is 0.262. The van der Waals surface area contributed by atoms with Gasteiger partial charge in [-0.05, 0) is 49.1 Å². The predicted molar refractivity (Wildman–Crippen MR) is 110 cm³/mol. The fourth-order valence-corrected chi connectivity index (χ4v) is 3.03. The Morgan fingerprint density at radius 2 is 2.13 bits per heavy atom. The number of aryl methyl sites for hydroxylation is 1. The van der Waals surface area contributed by atoms with Crippen LogP contribution in [0.1, 0.15) is 27.9 Å². The van der Waals surface area contributed by atoms with Gasteiger partial charge in [0.25, 0.3) is 5.91 Å². The lowest BCUT2D eigenvalue weighted by Crippen LogP contribution is -2.13. The van der Waals surface area contributed by atoms with Crippen molar-refractivity contribution in [1.82, 2.24) is 5.16 Å². The Hall–Kier alpha value is -3.90. The molecule has 30 heavy (non-hydrogen) atoms. The van der Waals surface area contributed by atoms with Gasteiger partial charge in [0.1, 0.15) is 22.3 Å². The second-order valence-corrected chi connectivity index (χ2v) is 6.90. The maximum atomic E-state index is 12.3. The Kier molecular flexibility index (Phi) is 6.62. The Morgan fingerprint density at radius 3 is 2.77 bits per heavy atom. The molecule has 0 fully saturated rings. The Labute approximate surface area is 176 Å². The van der Waals surface area contributed by atoms with Crippen molar-refractivity contribution >= 4 is 35.1 Å². The first-order valence-corrected chi connectivity index (χ1v) is 9.77. The third kappa shape index (κ3) is 5.12. The lowest BCUT2D eigenvalue weighted by atomic mass is 10.1. The number of nitrogens with one attached hydrogen (secondary N) is 1. The molecule has 1 N–H and O–H groups in total. The molecule has 0 unspecified atom stereocenters. The highest BCUT2D eigenvalue weighted by atomic mass is 32.1. The van der Waals surface area contributed by atoms with Crippen LogP contribution in [0, 0.1) is 18.3 Å². The molecule has 0 aliphatic rings. The number of anilines is 1. The van der Waals surface area contributed by atoms with E-state index in [0.717, 1.165) is 0 Å². The number of ether oxygens (including phenoxy) is 2. The Balaban J connectivity index is 1.82. The molecule has 0 saturated heterocycles. The number of benzene rings is 1. The van der Waals surface area contributed by atoms with Gasteiger partial charge in [0.05, 0.1) is 6.61 Å². The van der Waals surface area contributed by atoms with Gasteiger partial charge in [-0.25, -0.2) is 4.79 Å². The number of esters is 1. The highest BCUT2D eigenvalue weighted by Gasteiger charge is 2.15. The van der Waals surface area contributed by atoms with Crippen molar-refractivity contribution in [1.29, 1.82) is 5.26 Å². The minimum absolute atomic E-state index is 0.138. The molecule has 0 atom stereocenters. The van der Waals surface area contributed by atoms with Crippen molar-refractivity contribution < 1.29 is 23.6 Å². The molecule has 0 spiro atoms. The fourth-order valence-electron chi connectivity index (χ4n) is 2.44. The summed E-state index contributed by atoms with van der Waals surface area (Å²) in [6, 6.07) is 11.6. The molecular formula is C21H17N3O5S. The summed E-state index contributed by atoms with van der Waals surface area (Å²) in [5, 5.41) is 17.3. The first kappa shape index (κ1) is 20.8. The van der Waals surface area contributed by atoms with Crippen LogP contribution in [0.5, 0.6) is 11.5 Å². The van der Waals surface area contributed by atoms with E-state index in [0.29, 0.717) is 28.6 Å². The van der Waals surface area contributed by atoms with Crippen molar-refractivity contribution in [2.75, 3.05) is 11.9 Å². The number of nitriles is 1.